The van der Waals surface area contributed by atoms with Gasteiger partial charge < -0.3 is 34.8 Å². The molecule has 14 nitrogen and oxygen atoms in total. The highest BCUT2D eigenvalue weighted by atomic mass is 31.2. The monoisotopic (exact) mass is 587 g/mol. The number of ether oxygens (including phenoxy) is 2. The lowest BCUT2D eigenvalue weighted by molar-refractivity contribution is 0.0375. The minimum Gasteiger partial charge on any atom is -0.422 e. The maximum absolute atomic E-state index is 14.7. The molecule has 3 aliphatic rings. The molecule has 2 aliphatic carbocycles. The number of amides is 1. The second kappa shape index (κ2) is 10.5. The van der Waals surface area contributed by atoms with Crippen LogP contribution < -0.4 is 20.3 Å². The lowest BCUT2D eigenvalue weighted by Crippen LogP contribution is -2.46. The number of anilines is 2. The number of halogens is 1. The van der Waals surface area contributed by atoms with Crippen molar-refractivity contribution in [3.63, 3.8) is 0 Å². The van der Waals surface area contributed by atoms with Crippen molar-refractivity contribution in [2.75, 3.05) is 30.6 Å². The Morgan fingerprint density at radius 2 is 2.00 bits per heavy atom. The van der Waals surface area contributed by atoms with Gasteiger partial charge in [-0.25, -0.2) is 28.2 Å². The van der Waals surface area contributed by atoms with Crippen LogP contribution in [0.15, 0.2) is 24.5 Å². The lowest BCUT2D eigenvalue weighted by atomic mass is 10.0. The number of nitrogens with zero attached hydrogens (tertiary/aromatic N) is 5. The van der Waals surface area contributed by atoms with E-state index >= 15 is 0 Å². The zero-order chi connectivity index (χ0) is 28.9. The molecule has 3 aromatic rings. The molecule has 2 fully saturated rings. The van der Waals surface area contributed by atoms with Crippen molar-refractivity contribution in [2.24, 2.45) is 5.92 Å². The van der Waals surface area contributed by atoms with Gasteiger partial charge in [0.1, 0.15) is 17.5 Å². The van der Waals surface area contributed by atoms with Crippen LogP contribution in [0.1, 0.15) is 29.9 Å². The number of piperidine rings is 1. The number of nitrogens with one attached hydrogen (secondary N) is 2. The first kappa shape index (κ1) is 27.3. The van der Waals surface area contributed by atoms with Crippen LogP contribution in [0.4, 0.5) is 20.7 Å². The maximum Gasteiger partial charge on any atom is 0.472 e. The number of aryl methyl sites for hydroxylation is 1. The molecule has 1 amide bonds. The van der Waals surface area contributed by atoms with Crippen molar-refractivity contribution in [3.05, 3.63) is 47.4 Å². The second-order valence-corrected chi connectivity index (χ2v) is 11.3. The molecule has 216 valence electrons. The van der Waals surface area contributed by atoms with Crippen LogP contribution in [-0.4, -0.2) is 68.3 Å². The molecule has 0 unspecified atom stereocenters. The molecule has 0 spiro atoms. The fourth-order valence-corrected chi connectivity index (χ4v) is 6.03. The predicted octanol–water partition coefficient (Wildman–Crippen LogP) is 2.88. The Morgan fingerprint density at radius 3 is 2.68 bits per heavy atom. The van der Waals surface area contributed by atoms with Crippen molar-refractivity contribution < 1.29 is 37.5 Å². The van der Waals surface area contributed by atoms with Gasteiger partial charge in [0.2, 0.25) is 6.79 Å². The number of aromatic nitrogens is 4. The third kappa shape index (κ3) is 5.53. The van der Waals surface area contributed by atoms with Crippen LogP contribution in [0, 0.1) is 18.7 Å². The summed E-state index contributed by atoms with van der Waals surface area (Å²) in [5.74, 6) is 1.27. The highest BCUT2D eigenvalue weighted by molar-refractivity contribution is 7.46. The first-order valence-electron chi connectivity index (χ1n) is 12.9. The Morgan fingerprint density at radius 1 is 1.22 bits per heavy atom. The van der Waals surface area contributed by atoms with Gasteiger partial charge in [0.15, 0.2) is 5.75 Å². The number of carbonyl (C=O) groups is 1. The van der Waals surface area contributed by atoms with E-state index in [9.17, 15) is 13.8 Å². The second-order valence-electron chi connectivity index (χ2n) is 10.1. The molecule has 1 saturated carbocycles. The number of phosphoric acid groups is 1. The summed E-state index contributed by atoms with van der Waals surface area (Å²) < 4.78 is 40.3. The average molecular weight is 588 g/mol. The van der Waals surface area contributed by atoms with Crippen LogP contribution in [0.2, 0.25) is 0 Å². The SMILES string of the molecule is CNc1cc(F)cc2c1Cc1nc(Oc3cnc(C)nc3)nc(N3C[C@H]4C[C@@H]3C[C@H]4NC(=O)OCOP(=O)(O)O)c1-2. The molecule has 1 aliphatic heterocycles. The third-order valence-corrected chi connectivity index (χ3v) is 7.98. The first-order valence-corrected chi connectivity index (χ1v) is 14.4. The maximum atomic E-state index is 14.7. The zero-order valence-electron chi connectivity index (χ0n) is 22.1. The normalized spacial score (nSPS) is 20.5. The van der Waals surface area contributed by atoms with Gasteiger partial charge >= 0.3 is 19.9 Å². The summed E-state index contributed by atoms with van der Waals surface area (Å²) >= 11 is 0. The van der Waals surface area contributed by atoms with E-state index in [0.717, 1.165) is 23.1 Å². The van der Waals surface area contributed by atoms with Crippen molar-refractivity contribution in [1.82, 2.24) is 25.3 Å². The minimum absolute atomic E-state index is 0.00703. The summed E-state index contributed by atoms with van der Waals surface area (Å²) in [5.41, 5.74) is 3.76. The van der Waals surface area contributed by atoms with Crippen molar-refractivity contribution in [3.8, 4) is 22.9 Å². The molecular formula is C25H27FN7O7P. The Kier molecular flexibility index (Phi) is 6.98. The Bertz CT molecular complexity index is 1550. The number of fused-ring (bicyclic) bond motifs is 5. The first-order chi connectivity index (χ1) is 19.6. The molecule has 1 aromatic carbocycles. The zero-order valence-corrected chi connectivity index (χ0v) is 23.0. The number of hydrogen-bond acceptors (Lipinski definition) is 11. The molecule has 41 heavy (non-hydrogen) atoms. The van der Waals surface area contributed by atoms with Gasteiger partial charge in [-0.15, -0.1) is 0 Å². The van der Waals surface area contributed by atoms with Gasteiger partial charge in [-0.2, -0.15) is 9.97 Å². The molecule has 6 rings (SSSR count). The molecule has 2 aromatic heterocycles. The van der Waals surface area contributed by atoms with Gasteiger partial charge in [-0.1, -0.05) is 0 Å². The number of alkyl carbamates (subject to hydrolysis) is 1. The largest absolute Gasteiger partial charge is 0.472 e. The predicted molar refractivity (Wildman–Crippen MR) is 142 cm³/mol. The molecule has 2 bridgehead atoms. The molecule has 16 heteroatoms. The summed E-state index contributed by atoms with van der Waals surface area (Å²) in [6.45, 7) is 1.45. The number of rotatable bonds is 8. The van der Waals surface area contributed by atoms with E-state index in [1.807, 2.05) is 0 Å². The molecular weight excluding hydrogens is 560 g/mol. The summed E-state index contributed by atoms with van der Waals surface area (Å²) in [4.78, 5) is 49.6. The number of benzene rings is 1. The Hall–Kier alpha value is -3.91. The van der Waals surface area contributed by atoms with Gasteiger partial charge in [0, 0.05) is 43.3 Å². The fourth-order valence-electron chi connectivity index (χ4n) is 5.84. The number of carbonyl (C=O) groups excluding carboxylic acids is 1. The van der Waals surface area contributed by atoms with E-state index in [1.54, 1.807) is 26.4 Å². The number of hydrogen-bond donors (Lipinski definition) is 4. The van der Waals surface area contributed by atoms with Crippen molar-refractivity contribution in [1.29, 1.82) is 0 Å². The van der Waals surface area contributed by atoms with Gasteiger partial charge in [-0.05, 0) is 48.9 Å². The van der Waals surface area contributed by atoms with Crippen LogP contribution in [-0.2, 0) is 20.2 Å². The van der Waals surface area contributed by atoms with Crippen LogP contribution in [0.5, 0.6) is 11.8 Å². The van der Waals surface area contributed by atoms with E-state index < -0.39 is 20.7 Å². The molecule has 3 atom stereocenters. The minimum atomic E-state index is -4.75. The molecule has 1 saturated heterocycles. The van der Waals surface area contributed by atoms with Crippen molar-refractivity contribution in [2.45, 2.75) is 38.3 Å². The summed E-state index contributed by atoms with van der Waals surface area (Å²) in [7, 11) is -3.00. The highest BCUT2D eigenvalue weighted by Crippen LogP contribution is 2.49. The lowest BCUT2D eigenvalue weighted by Gasteiger charge is -2.33. The smallest absolute Gasteiger partial charge is 0.422 e. The van der Waals surface area contributed by atoms with E-state index in [1.165, 1.54) is 12.1 Å². The molecule has 3 heterocycles. The van der Waals surface area contributed by atoms with Crippen LogP contribution >= 0.6 is 7.82 Å². The Balaban J connectivity index is 1.27. The van der Waals surface area contributed by atoms with Gasteiger partial charge in [-0.3, -0.25) is 0 Å². The van der Waals surface area contributed by atoms with E-state index in [4.69, 9.17) is 24.2 Å². The highest BCUT2D eigenvalue weighted by Gasteiger charge is 2.47. The van der Waals surface area contributed by atoms with E-state index in [2.05, 4.69) is 35.0 Å². The fraction of sp³-hybridized carbons (Fsp3) is 0.400. The summed E-state index contributed by atoms with van der Waals surface area (Å²) in [5, 5.41) is 5.83. The number of phosphoric ester groups is 1. The molecule has 4 N–H and O–H groups in total. The molecule has 0 radical (unpaired) electrons. The van der Waals surface area contributed by atoms with E-state index in [0.29, 0.717) is 48.2 Å². The van der Waals surface area contributed by atoms with Crippen LogP contribution in [0.25, 0.3) is 11.1 Å². The third-order valence-electron chi connectivity index (χ3n) is 7.54. The quantitative estimate of drug-likeness (QED) is 0.175. The van der Waals surface area contributed by atoms with Gasteiger partial charge in [0.25, 0.3) is 0 Å². The summed E-state index contributed by atoms with van der Waals surface area (Å²) in [6.07, 6.45) is 4.07. The standard InChI is InChI=1S/C25H27FN7O7P/c1-12-28-8-16(9-29-12)40-24-30-21-7-17-18(4-14(26)5-20(17)27-2)22(21)23(32-24)33-10-13-3-15(33)6-19(13)31-25(34)38-11-39-41(35,36)37/h4-5,8-9,13,15,19,27H,3,6-7,10-11H2,1-2H3,(H,31,34)(H2,35,36,37)/t13-,15-,19-/m1/s1. The van der Waals surface area contributed by atoms with E-state index in [-0.39, 0.29) is 29.8 Å². The average Bonchev–Trinajstić information content (AvgIpc) is 3.61. The van der Waals surface area contributed by atoms with Gasteiger partial charge in [0.05, 0.1) is 18.1 Å². The Labute approximate surface area is 233 Å². The van der Waals surface area contributed by atoms with Crippen molar-refractivity contribution >= 4 is 25.4 Å². The topological polar surface area (TPSA) is 181 Å². The summed E-state index contributed by atoms with van der Waals surface area (Å²) in [6, 6.07) is 2.87. The van der Waals surface area contributed by atoms with Crippen LogP contribution in [0.3, 0.4) is 0 Å².